The lowest BCUT2D eigenvalue weighted by atomic mass is 9.75. The topological polar surface area (TPSA) is 32.3 Å². The second-order valence-electron chi connectivity index (χ2n) is 5.42. The fraction of sp³-hybridized carbons (Fsp3) is 0.917. The molecule has 0 radical (unpaired) electrons. The standard InChI is InChI=1S/C12H24N2O/c1-5-14(4)11(15)13-10-7-6-8-12(2,3)9-10/h10H,5-9H2,1-4H3,(H,13,15). The van der Waals surface area contributed by atoms with Crippen molar-refractivity contribution < 1.29 is 4.79 Å². The second-order valence-corrected chi connectivity index (χ2v) is 5.42. The van der Waals surface area contributed by atoms with Crippen molar-refractivity contribution in [1.29, 1.82) is 0 Å². The fourth-order valence-electron chi connectivity index (χ4n) is 2.25. The Morgan fingerprint density at radius 2 is 2.20 bits per heavy atom. The van der Waals surface area contributed by atoms with E-state index in [-0.39, 0.29) is 6.03 Å². The predicted octanol–water partition coefficient (Wildman–Crippen LogP) is 2.62. The van der Waals surface area contributed by atoms with E-state index in [1.54, 1.807) is 4.90 Å². The summed E-state index contributed by atoms with van der Waals surface area (Å²) in [4.78, 5) is 13.4. The first-order chi connectivity index (χ1) is 6.94. The maximum atomic E-state index is 11.7. The van der Waals surface area contributed by atoms with Gasteiger partial charge in [-0.25, -0.2) is 4.79 Å². The predicted molar refractivity (Wildman–Crippen MR) is 62.9 cm³/mol. The van der Waals surface area contributed by atoms with E-state index in [0.29, 0.717) is 11.5 Å². The number of carbonyl (C=O) groups excluding carboxylic acids is 1. The summed E-state index contributed by atoms with van der Waals surface area (Å²) >= 11 is 0. The molecule has 1 aliphatic carbocycles. The van der Waals surface area contributed by atoms with Gasteiger partial charge < -0.3 is 10.2 Å². The summed E-state index contributed by atoms with van der Waals surface area (Å²) in [6.07, 6.45) is 4.75. The number of nitrogens with one attached hydrogen (secondary N) is 1. The summed E-state index contributed by atoms with van der Waals surface area (Å²) in [5.74, 6) is 0. The average Bonchev–Trinajstić information content (AvgIpc) is 2.14. The third-order valence-corrected chi connectivity index (χ3v) is 3.35. The van der Waals surface area contributed by atoms with Crippen molar-refractivity contribution in [3.8, 4) is 0 Å². The maximum absolute atomic E-state index is 11.7. The molecular formula is C12H24N2O. The number of nitrogens with zero attached hydrogens (tertiary/aromatic N) is 1. The van der Waals surface area contributed by atoms with Crippen LogP contribution in [0.25, 0.3) is 0 Å². The molecule has 3 heteroatoms. The Morgan fingerprint density at radius 3 is 2.73 bits per heavy atom. The van der Waals surface area contributed by atoms with E-state index in [0.717, 1.165) is 19.4 Å². The number of carbonyl (C=O) groups is 1. The van der Waals surface area contributed by atoms with Gasteiger partial charge in [-0.1, -0.05) is 20.3 Å². The summed E-state index contributed by atoms with van der Waals surface area (Å²) in [7, 11) is 1.84. The first kappa shape index (κ1) is 12.3. The van der Waals surface area contributed by atoms with Crippen molar-refractivity contribution in [1.82, 2.24) is 10.2 Å². The lowest BCUT2D eigenvalue weighted by Gasteiger charge is -2.36. The van der Waals surface area contributed by atoms with E-state index in [1.807, 2.05) is 14.0 Å². The molecule has 1 aliphatic rings. The SMILES string of the molecule is CCN(C)C(=O)NC1CCCC(C)(C)C1. The molecular weight excluding hydrogens is 188 g/mol. The minimum absolute atomic E-state index is 0.0696. The van der Waals surface area contributed by atoms with Crippen molar-refractivity contribution >= 4 is 6.03 Å². The van der Waals surface area contributed by atoms with Crippen molar-refractivity contribution in [2.24, 2.45) is 5.41 Å². The van der Waals surface area contributed by atoms with Gasteiger partial charge in [0.1, 0.15) is 0 Å². The molecule has 88 valence electrons. The molecule has 1 N–H and O–H groups in total. The zero-order chi connectivity index (χ0) is 11.5. The number of urea groups is 1. The van der Waals surface area contributed by atoms with Gasteiger partial charge in [-0.3, -0.25) is 0 Å². The number of amides is 2. The first-order valence-corrected chi connectivity index (χ1v) is 5.96. The van der Waals surface area contributed by atoms with Gasteiger partial charge in [-0.15, -0.1) is 0 Å². The van der Waals surface area contributed by atoms with Crippen LogP contribution in [0.1, 0.15) is 46.5 Å². The van der Waals surface area contributed by atoms with Gasteiger partial charge in [0.15, 0.2) is 0 Å². The number of hydrogen-bond donors (Lipinski definition) is 1. The lowest BCUT2D eigenvalue weighted by molar-refractivity contribution is 0.176. The van der Waals surface area contributed by atoms with Crippen LogP contribution < -0.4 is 5.32 Å². The Bertz CT molecular complexity index is 226. The highest BCUT2D eigenvalue weighted by Gasteiger charge is 2.29. The van der Waals surface area contributed by atoms with Crippen molar-refractivity contribution in [2.75, 3.05) is 13.6 Å². The van der Waals surface area contributed by atoms with E-state index in [9.17, 15) is 4.79 Å². The summed E-state index contributed by atoms with van der Waals surface area (Å²) in [6, 6.07) is 0.440. The third kappa shape index (κ3) is 3.73. The van der Waals surface area contributed by atoms with Crippen LogP contribution in [0.4, 0.5) is 4.79 Å². The van der Waals surface area contributed by atoms with Crippen molar-refractivity contribution in [3.05, 3.63) is 0 Å². The van der Waals surface area contributed by atoms with E-state index < -0.39 is 0 Å². The molecule has 3 nitrogen and oxygen atoms in total. The van der Waals surface area contributed by atoms with Crippen LogP contribution in [0.2, 0.25) is 0 Å². The smallest absolute Gasteiger partial charge is 0.317 e. The molecule has 15 heavy (non-hydrogen) atoms. The quantitative estimate of drug-likeness (QED) is 0.749. The van der Waals surface area contributed by atoms with E-state index >= 15 is 0 Å². The van der Waals surface area contributed by atoms with Crippen LogP contribution in [0.15, 0.2) is 0 Å². The van der Waals surface area contributed by atoms with Crippen LogP contribution in [-0.4, -0.2) is 30.6 Å². The second kappa shape index (κ2) is 4.86. The molecule has 0 aromatic heterocycles. The third-order valence-electron chi connectivity index (χ3n) is 3.35. The van der Waals surface area contributed by atoms with Crippen LogP contribution in [0.3, 0.4) is 0 Å². The monoisotopic (exact) mass is 212 g/mol. The Morgan fingerprint density at radius 1 is 1.53 bits per heavy atom. The van der Waals surface area contributed by atoms with Gasteiger partial charge >= 0.3 is 6.03 Å². The van der Waals surface area contributed by atoms with E-state index in [4.69, 9.17) is 0 Å². The molecule has 1 fully saturated rings. The van der Waals surface area contributed by atoms with Gasteiger partial charge in [-0.05, 0) is 31.6 Å². The Balaban J connectivity index is 2.41. The molecule has 0 bridgehead atoms. The molecule has 0 aliphatic heterocycles. The van der Waals surface area contributed by atoms with Crippen molar-refractivity contribution in [3.63, 3.8) is 0 Å². The van der Waals surface area contributed by atoms with E-state index in [1.165, 1.54) is 12.8 Å². The van der Waals surface area contributed by atoms with Gasteiger partial charge in [0.05, 0.1) is 0 Å². The minimum Gasteiger partial charge on any atom is -0.335 e. The Labute approximate surface area is 93.2 Å². The molecule has 0 heterocycles. The highest BCUT2D eigenvalue weighted by molar-refractivity contribution is 5.74. The van der Waals surface area contributed by atoms with Crippen LogP contribution in [0.5, 0.6) is 0 Å². The summed E-state index contributed by atoms with van der Waals surface area (Å²) < 4.78 is 0. The molecule has 0 spiro atoms. The van der Waals surface area contributed by atoms with Crippen LogP contribution in [0, 0.1) is 5.41 Å². The highest BCUT2D eigenvalue weighted by Crippen LogP contribution is 2.35. The van der Waals surface area contributed by atoms with Crippen LogP contribution in [-0.2, 0) is 0 Å². The summed E-state index contributed by atoms with van der Waals surface area (Å²) in [6.45, 7) is 7.33. The Kier molecular flexibility index (Phi) is 4.00. The molecule has 2 amide bonds. The fourth-order valence-corrected chi connectivity index (χ4v) is 2.25. The first-order valence-electron chi connectivity index (χ1n) is 5.96. The van der Waals surface area contributed by atoms with Gasteiger partial charge in [-0.2, -0.15) is 0 Å². The molecule has 0 saturated heterocycles. The van der Waals surface area contributed by atoms with Gasteiger partial charge in [0.25, 0.3) is 0 Å². The molecule has 1 rings (SSSR count). The summed E-state index contributed by atoms with van der Waals surface area (Å²) in [5.41, 5.74) is 0.390. The van der Waals surface area contributed by atoms with Crippen molar-refractivity contribution in [2.45, 2.75) is 52.5 Å². The average molecular weight is 212 g/mol. The minimum atomic E-state index is 0.0696. The van der Waals surface area contributed by atoms with Gasteiger partial charge in [0, 0.05) is 19.6 Å². The van der Waals surface area contributed by atoms with E-state index in [2.05, 4.69) is 19.2 Å². The summed E-state index contributed by atoms with van der Waals surface area (Å²) in [5, 5.41) is 3.11. The zero-order valence-corrected chi connectivity index (χ0v) is 10.5. The highest BCUT2D eigenvalue weighted by atomic mass is 16.2. The maximum Gasteiger partial charge on any atom is 0.317 e. The molecule has 1 unspecified atom stereocenters. The largest absolute Gasteiger partial charge is 0.335 e. The van der Waals surface area contributed by atoms with Crippen LogP contribution >= 0.6 is 0 Å². The molecule has 0 aromatic rings. The number of rotatable bonds is 2. The lowest BCUT2D eigenvalue weighted by Crippen LogP contribution is -2.46. The van der Waals surface area contributed by atoms with Gasteiger partial charge in [0.2, 0.25) is 0 Å². The molecule has 1 saturated carbocycles. The Hall–Kier alpha value is -0.730. The molecule has 1 atom stereocenters. The molecule has 0 aromatic carbocycles. The zero-order valence-electron chi connectivity index (χ0n) is 10.5. The number of hydrogen-bond acceptors (Lipinski definition) is 1. The normalized spacial score (nSPS) is 24.7.